The maximum Gasteiger partial charge on any atom is 0.00970 e. The van der Waals surface area contributed by atoms with E-state index in [0.29, 0.717) is 0 Å². The summed E-state index contributed by atoms with van der Waals surface area (Å²) in [5, 5.41) is 0. The molecular weight excluding hydrogens is 225 g/mol. The lowest BCUT2D eigenvalue weighted by Crippen LogP contribution is -2.31. The first-order valence-electron chi connectivity index (χ1n) is 3.41. The largest absolute Gasteiger partial charge is 0.326 e. The number of hydrogen-bond acceptors (Lipinski definition) is 1. The number of alkyl halides is 1. The molecule has 0 aromatic carbocycles. The number of rotatable bonds is 4. The van der Waals surface area contributed by atoms with Gasteiger partial charge in [-0.25, -0.2) is 0 Å². The highest BCUT2D eigenvalue weighted by Gasteiger charge is 2.08. The third-order valence-corrected chi connectivity index (χ3v) is 1.97. The summed E-state index contributed by atoms with van der Waals surface area (Å²) in [5.74, 6) is 0. The van der Waals surface area contributed by atoms with Gasteiger partial charge in [0.2, 0.25) is 0 Å². The molecule has 1 nitrogen and oxygen atoms in total. The SMILES string of the molecule is CC(C)(N)CCCCI. The van der Waals surface area contributed by atoms with Crippen LogP contribution in [0.2, 0.25) is 0 Å². The molecule has 0 aromatic heterocycles. The Labute approximate surface area is 71.5 Å². The van der Waals surface area contributed by atoms with Crippen LogP contribution in [-0.2, 0) is 0 Å². The Morgan fingerprint density at radius 2 is 1.89 bits per heavy atom. The molecule has 0 aliphatic rings. The van der Waals surface area contributed by atoms with Crippen LogP contribution in [0.25, 0.3) is 0 Å². The summed E-state index contributed by atoms with van der Waals surface area (Å²) in [6.07, 6.45) is 3.73. The molecule has 0 atom stereocenters. The van der Waals surface area contributed by atoms with Gasteiger partial charge in [0.15, 0.2) is 0 Å². The number of nitrogens with two attached hydrogens (primary N) is 1. The Kier molecular flexibility index (Phi) is 4.84. The molecular formula is C7H16IN. The fourth-order valence-corrected chi connectivity index (χ4v) is 1.21. The van der Waals surface area contributed by atoms with Gasteiger partial charge in [-0.05, 0) is 31.1 Å². The predicted octanol–water partition coefficient (Wildman–Crippen LogP) is 2.33. The van der Waals surface area contributed by atoms with Gasteiger partial charge in [-0.2, -0.15) is 0 Å². The first-order chi connectivity index (χ1) is 4.06. The van der Waals surface area contributed by atoms with E-state index in [2.05, 4.69) is 36.4 Å². The Morgan fingerprint density at radius 3 is 2.22 bits per heavy atom. The third-order valence-electron chi connectivity index (χ3n) is 1.20. The van der Waals surface area contributed by atoms with Crippen molar-refractivity contribution in [2.45, 2.75) is 38.6 Å². The predicted molar refractivity (Wildman–Crippen MR) is 51.0 cm³/mol. The summed E-state index contributed by atoms with van der Waals surface area (Å²) < 4.78 is 1.26. The van der Waals surface area contributed by atoms with Crippen molar-refractivity contribution >= 4 is 22.6 Å². The van der Waals surface area contributed by atoms with Crippen LogP contribution in [0.1, 0.15) is 33.1 Å². The molecule has 2 N–H and O–H groups in total. The van der Waals surface area contributed by atoms with Crippen molar-refractivity contribution in [3.05, 3.63) is 0 Å². The van der Waals surface area contributed by atoms with E-state index in [4.69, 9.17) is 5.73 Å². The van der Waals surface area contributed by atoms with E-state index in [1.807, 2.05) is 0 Å². The van der Waals surface area contributed by atoms with Crippen molar-refractivity contribution in [2.24, 2.45) is 5.73 Å². The molecule has 0 radical (unpaired) electrons. The van der Waals surface area contributed by atoms with Crippen molar-refractivity contribution in [2.75, 3.05) is 4.43 Å². The van der Waals surface area contributed by atoms with Crippen LogP contribution >= 0.6 is 22.6 Å². The van der Waals surface area contributed by atoms with Gasteiger partial charge < -0.3 is 5.73 Å². The second kappa shape index (κ2) is 4.50. The Balaban J connectivity index is 3.07. The van der Waals surface area contributed by atoms with Gasteiger partial charge in [0.25, 0.3) is 0 Å². The summed E-state index contributed by atoms with van der Waals surface area (Å²) in [6.45, 7) is 4.17. The van der Waals surface area contributed by atoms with Crippen molar-refractivity contribution in [1.82, 2.24) is 0 Å². The molecule has 0 bridgehead atoms. The van der Waals surface area contributed by atoms with Crippen LogP contribution in [0.3, 0.4) is 0 Å². The van der Waals surface area contributed by atoms with Gasteiger partial charge in [-0.3, -0.25) is 0 Å². The average molecular weight is 241 g/mol. The standard InChI is InChI=1S/C7H16IN/c1-7(2,9)5-3-4-6-8/h3-6,9H2,1-2H3. The maximum atomic E-state index is 5.77. The summed E-state index contributed by atoms with van der Waals surface area (Å²) in [5.41, 5.74) is 5.82. The molecule has 0 amide bonds. The third kappa shape index (κ3) is 8.69. The van der Waals surface area contributed by atoms with Crippen molar-refractivity contribution in [3.63, 3.8) is 0 Å². The van der Waals surface area contributed by atoms with E-state index in [1.54, 1.807) is 0 Å². The van der Waals surface area contributed by atoms with Crippen LogP contribution < -0.4 is 5.73 Å². The average Bonchev–Trinajstić information content (AvgIpc) is 1.63. The highest BCUT2D eigenvalue weighted by atomic mass is 127. The fraction of sp³-hybridized carbons (Fsp3) is 1.00. The summed E-state index contributed by atoms with van der Waals surface area (Å²) in [6, 6.07) is 0. The minimum atomic E-state index is 0.0474. The second-order valence-corrected chi connectivity index (χ2v) is 4.21. The van der Waals surface area contributed by atoms with Crippen LogP contribution in [0.15, 0.2) is 0 Å². The molecule has 0 fully saturated rings. The Bertz CT molecular complexity index is 65.8. The second-order valence-electron chi connectivity index (χ2n) is 3.13. The molecule has 0 unspecified atom stereocenters. The van der Waals surface area contributed by atoms with Crippen LogP contribution in [0, 0.1) is 0 Å². The molecule has 0 aliphatic heterocycles. The van der Waals surface area contributed by atoms with Crippen molar-refractivity contribution in [3.8, 4) is 0 Å². The van der Waals surface area contributed by atoms with Gasteiger partial charge in [0.1, 0.15) is 0 Å². The molecule has 0 rings (SSSR count). The molecule has 0 spiro atoms. The first-order valence-corrected chi connectivity index (χ1v) is 4.94. The van der Waals surface area contributed by atoms with Gasteiger partial charge in [-0.1, -0.05) is 29.0 Å². The van der Waals surface area contributed by atoms with Gasteiger partial charge in [-0.15, -0.1) is 0 Å². The quantitative estimate of drug-likeness (QED) is 0.456. The van der Waals surface area contributed by atoms with Crippen molar-refractivity contribution < 1.29 is 0 Å². The summed E-state index contributed by atoms with van der Waals surface area (Å²) >= 11 is 2.40. The Morgan fingerprint density at radius 1 is 1.33 bits per heavy atom. The van der Waals surface area contributed by atoms with E-state index in [9.17, 15) is 0 Å². The normalized spacial score (nSPS) is 12.0. The van der Waals surface area contributed by atoms with E-state index < -0.39 is 0 Å². The van der Waals surface area contributed by atoms with E-state index >= 15 is 0 Å². The van der Waals surface area contributed by atoms with E-state index in [0.717, 1.165) is 6.42 Å². The zero-order valence-corrected chi connectivity index (χ0v) is 8.44. The lowest BCUT2D eigenvalue weighted by molar-refractivity contribution is 0.457. The fourth-order valence-electron chi connectivity index (χ4n) is 0.675. The smallest absolute Gasteiger partial charge is 0.00970 e. The molecule has 2 heteroatoms. The molecule has 0 saturated carbocycles. The molecule has 0 aromatic rings. The minimum Gasteiger partial charge on any atom is -0.326 e. The van der Waals surface area contributed by atoms with Crippen LogP contribution in [0.4, 0.5) is 0 Å². The lowest BCUT2D eigenvalue weighted by atomic mass is 9.99. The molecule has 56 valence electrons. The van der Waals surface area contributed by atoms with Gasteiger partial charge in [0.05, 0.1) is 0 Å². The Hall–Kier alpha value is 0.690. The zero-order chi connectivity index (χ0) is 7.33. The number of unbranched alkanes of at least 4 members (excludes halogenated alkanes) is 1. The number of halogens is 1. The molecule has 0 aliphatic carbocycles. The first kappa shape index (κ1) is 9.69. The molecule has 0 saturated heterocycles. The van der Waals surface area contributed by atoms with Crippen LogP contribution in [0.5, 0.6) is 0 Å². The maximum absolute atomic E-state index is 5.77. The topological polar surface area (TPSA) is 26.0 Å². The van der Waals surface area contributed by atoms with E-state index in [-0.39, 0.29) is 5.54 Å². The molecule has 9 heavy (non-hydrogen) atoms. The molecule has 0 heterocycles. The minimum absolute atomic E-state index is 0.0474. The monoisotopic (exact) mass is 241 g/mol. The highest BCUT2D eigenvalue weighted by molar-refractivity contribution is 14.1. The number of hydrogen-bond donors (Lipinski definition) is 1. The van der Waals surface area contributed by atoms with Gasteiger partial charge >= 0.3 is 0 Å². The van der Waals surface area contributed by atoms with Crippen LogP contribution in [-0.4, -0.2) is 9.97 Å². The highest BCUT2D eigenvalue weighted by Crippen LogP contribution is 2.09. The van der Waals surface area contributed by atoms with E-state index in [1.165, 1.54) is 17.3 Å². The summed E-state index contributed by atoms with van der Waals surface area (Å²) in [4.78, 5) is 0. The van der Waals surface area contributed by atoms with Gasteiger partial charge in [0, 0.05) is 5.54 Å². The summed E-state index contributed by atoms with van der Waals surface area (Å²) in [7, 11) is 0. The lowest BCUT2D eigenvalue weighted by Gasteiger charge is -2.17. The van der Waals surface area contributed by atoms with Crippen molar-refractivity contribution in [1.29, 1.82) is 0 Å². The zero-order valence-electron chi connectivity index (χ0n) is 6.28.